The van der Waals surface area contributed by atoms with Crippen LogP contribution in [0.3, 0.4) is 0 Å². The molecule has 0 radical (unpaired) electrons. The average Bonchev–Trinajstić information content (AvgIpc) is 2.65. The molecule has 0 aliphatic rings. The maximum atomic E-state index is 9.18. The van der Waals surface area contributed by atoms with Crippen LogP contribution in [0.25, 0.3) is 5.69 Å². The minimum absolute atomic E-state index is 0.161. The van der Waals surface area contributed by atoms with Crippen LogP contribution in [-0.4, -0.2) is 15.8 Å². The van der Waals surface area contributed by atoms with Crippen molar-refractivity contribution in [1.29, 1.82) is 5.26 Å². The van der Waals surface area contributed by atoms with Gasteiger partial charge in [0.2, 0.25) is 0 Å². The lowest BCUT2D eigenvalue weighted by Gasteiger charge is -2.06. The number of anilines is 2. The van der Waals surface area contributed by atoms with Crippen molar-refractivity contribution in [3.8, 4) is 11.8 Å². The Hall–Kier alpha value is -2.19. The highest BCUT2D eigenvalue weighted by Crippen LogP contribution is 2.25. The minimum Gasteiger partial charge on any atom is -0.382 e. The van der Waals surface area contributed by atoms with E-state index in [1.807, 2.05) is 19.9 Å². The second-order valence-corrected chi connectivity index (χ2v) is 4.85. The molecule has 3 N–H and O–H groups in total. The fourth-order valence-electron chi connectivity index (χ4n) is 1.72. The van der Waals surface area contributed by atoms with E-state index in [-0.39, 0.29) is 6.04 Å². The van der Waals surface area contributed by atoms with Crippen molar-refractivity contribution >= 4 is 23.2 Å². The molecule has 2 aromatic rings. The molecule has 0 aliphatic carbocycles. The Kier molecular flexibility index (Phi) is 3.63. The Bertz CT molecular complexity index is 639. The van der Waals surface area contributed by atoms with Crippen molar-refractivity contribution in [3.63, 3.8) is 0 Å². The molecule has 1 heterocycles. The van der Waals surface area contributed by atoms with E-state index < -0.39 is 0 Å². The van der Waals surface area contributed by atoms with Crippen molar-refractivity contribution in [2.75, 3.05) is 11.1 Å². The molecule has 0 fully saturated rings. The zero-order valence-electron chi connectivity index (χ0n) is 10.7. The van der Waals surface area contributed by atoms with Crippen molar-refractivity contribution in [2.45, 2.75) is 19.9 Å². The maximum Gasteiger partial charge on any atom is 0.168 e. The van der Waals surface area contributed by atoms with Crippen molar-refractivity contribution in [2.24, 2.45) is 0 Å². The summed E-state index contributed by atoms with van der Waals surface area (Å²) in [4.78, 5) is 0. The van der Waals surface area contributed by atoms with Crippen LogP contribution in [0, 0.1) is 11.3 Å². The lowest BCUT2D eigenvalue weighted by Crippen LogP contribution is -2.11. The molecular formula is C13H14ClN5. The first kappa shape index (κ1) is 13.2. The molecule has 0 bridgehead atoms. The van der Waals surface area contributed by atoms with Gasteiger partial charge in [-0.05, 0) is 32.0 Å². The van der Waals surface area contributed by atoms with Crippen molar-refractivity contribution < 1.29 is 0 Å². The number of nitriles is 1. The molecule has 98 valence electrons. The van der Waals surface area contributed by atoms with Gasteiger partial charge in [0.05, 0.1) is 5.69 Å². The van der Waals surface area contributed by atoms with Crippen LogP contribution in [0.4, 0.5) is 11.6 Å². The van der Waals surface area contributed by atoms with E-state index >= 15 is 0 Å². The largest absolute Gasteiger partial charge is 0.382 e. The monoisotopic (exact) mass is 275 g/mol. The zero-order valence-corrected chi connectivity index (χ0v) is 11.4. The van der Waals surface area contributed by atoms with Gasteiger partial charge in [-0.25, -0.2) is 4.68 Å². The third-order valence-electron chi connectivity index (χ3n) is 2.51. The topological polar surface area (TPSA) is 79.7 Å². The molecular weight excluding hydrogens is 262 g/mol. The number of benzene rings is 1. The zero-order chi connectivity index (χ0) is 14.0. The van der Waals surface area contributed by atoms with Gasteiger partial charge in [0.25, 0.3) is 0 Å². The van der Waals surface area contributed by atoms with Crippen LogP contribution in [-0.2, 0) is 0 Å². The predicted molar refractivity (Wildman–Crippen MR) is 76.5 cm³/mol. The second kappa shape index (κ2) is 5.21. The van der Waals surface area contributed by atoms with Crippen molar-refractivity contribution in [3.05, 3.63) is 34.9 Å². The molecule has 5 nitrogen and oxygen atoms in total. The van der Waals surface area contributed by atoms with Crippen LogP contribution in [0.5, 0.6) is 0 Å². The summed E-state index contributed by atoms with van der Waals surface area (Å²) in [6.45, 7) is 3.94. The van der Waals surface area contributed by atoms with Gasteiger partial charge >= 0.3 is 0 Å². The first-order valence-corrected chi connectivity index (χ1v) is 6.21. The Morgan fingerprint density at radius 2 is 2.21 bits per heavy atom. The Labute approximate surface area is 116 Å². The molecule has 0 amide bonds. The van der Waals surface area contributed by atoms with E-state index in [9.17, 15) is 5.26 Å². The van der Waals surface area contributed by atoms with Gasteiger partial charge in [-0.3, -0.25) is 0 Å². The Morgan fingerprint density at radius 1 is 1.47 bits per heavy atom. The highest BCUT2D eigenvalue weighted by atomic mass is 35.5. The second-order valence-electron chi connectivity index (χ2n) is 4.41. The number of halogens is 1. The number of nitrogens with zero attached hydrogens (tertiary/aromatic N) is 3. The quantitative estimate of drug-likeness (QED) is 0.903. The van der Waals surface area contributed by atoms with Crippen molar-refractivity contribution in [1.82, 2.24) is 9.78 Å². The Morgan fingerprint density at radius 3 is 2.79 bits per heavy atom. The highest BCUT2D eigenvalue weighted by Gasteiger charge is 2.17. The van der Waals surface area contributed by atoms with E-state index in [0.29, 0.717) is 22.2 Å². The molecule has 0 aliphatic heterocycles. The summed E-state index contributed by atoms with van der Waals surface area (Å²) in [7, 11) is 0. The standard InChI is InChI=1S/C13H14ClN5/c1-8(2)17-13-11(7-15)12(16)19(18-13)10-5-3-4-9(14)6-10/h3-6,8H,16H2,1-2H3,(H,17,18). The number of nitrogens with two attached hydrogens (primary N) is 1. The van der Waals surface area contributed by atoms with Gasteiger partial charge in [-0.15, -0.1) is 5.10 Å². The van der Waals surface area contributed by atoms with Crippen LogP contribution in [0.15, 0.2) is 24.3 Å². The number of nitrogen functional groups attached to an aromatic ring is 1. The number of rotatable bonds is 3. The minimum atomic E-state index is 0.161. The number of hydrogen-bond acceptors (Lipinski definition) is 4. The molecule has 1 aromatic heterocycles. The molecule has 2 rings (SSSR count). The summed E-state index contributed by atoms with van der Waals surface area (Å²) in [6.07, 6.45) is 0. The predicted octanol–water partition coefficient (Wildman–Crippen LogP) is 2.80. The average molecular weight is 276 g/mol. The summed E-state index contributed by atoms with van der Waals surface area (Å²) in [6, 6.07) is 9.37. The summed E-state index contributed by atoms with van der Waals surface area (Å²) < 4.78 is 1.51. The Balaban J connectivity index is 2.54. The molecule has 0 saturated carbocycles. The molecule has 1 aromatic carbocycles. The number of hydrogen-bond donors (Lipinski definition) is 2. The van der Waals surface area contributed by atoms with Gasteiger partial charge in [-0.1, -0.05) is 17.7 Å². The van der Waals surface area contributed by atoms with E-state index in [4.69, 9.17) is 17.3 Å². The van der Waals surface area contributed by atoms with E-state index in [1.54, 1.807) is 18.2 Å². The maximum absolute atomic E-state index is 9.18. The molecule has 0 saturated heterocycles. The fourth-order valence-corrected chi connectivity index (χ4v) is 1.90. The van der Waals surface area contributed by atoms with E-state index in [2.05, 4.69) is 16.5 Å². The molecule has 0 unspecified atom stereocenters. The highest BCUT2D eigenvalue weighted by molar-refractivity contribution is 6.30. The summed E-state index contributed by atoms with van der Waals surface area (Å²) in [5.41, 5.74) is 7.03. The van der Waals surface area contributed by atoms with Crippen LogP contribution >= 0.6 is 11.6 Å². The first-order chi connectivity index (χ1) is 9.02. The van der Waals surface area contributed by atoms with E-state index in [0.717, 1.165) is 5.69 Å². The molecule has 0 spiro atoms. The lowest BCUT2D eigenvalue weighted by atomic mass is 10.3. The van der Waals surface area contributed by atoms with Crippen LogP contribution < -0.4 is 11.1 Å². The molecule has 6 heteroatoms. The lowest BCUT2D eigenvalue weighted by molar-refractivity contribution is 0.850. The first-order valence-electron chi connectivity index (χ1n) is 5.84. The van der Waals surface area contributed by atoms with Gasteiger partial charge in [0.1, 0.15) is 17.5 Å². The molecule has 0 atom stereocenters. The summed E-state index contributed by atoms with van der Waals surface area (Å²) in [5, 5.41) is 17.2. The number of nitrogens with one attached hydrogen (secondary N) is 1. The smallest absolute Gasteiger partial charge is 0.168 e. The summed E-state index contributed by atoms with van der Waals surface area (Å²) >= 11 is 5.95. The van der Waals surface area contributed by atoms with Gasteiger partial charge in [-0.2, -0.15) is 5.26 Å². The third kappa shape index (κ3) is 2.64. The third-order valence-corrected chi connectivity index (χ3v) is 2.75. The van der Waals surface area contributed by atoms with Gasteiger partial charge < -0.3 is 11.1 Å². The fraction of sp³-hybridized carbons (Fsp3) is 0.231. The van der Waals surface area contributed by atoms with Crippen LogP contribution in [0.2, 0.25) is 5.02 Å². The van der Waals surface area contributed by atoms with E-state index in [1.165, 1.54) is 4.68 Å². The normalized spacial score (nSPS) is 10.5. The number of aromatic nitrogens is 2. The SMILES string of the molecule is CC(C)Nc1nn(-c2cccc(Cl)c2)c(N)c1C#N. The van der Waals surface area contributed by atoms with Gasteiger partial charge in [0.15, 0.2) is 5.82 Å². The molecule has 19 heavy (non-hydrogen) atoms. The van der Waals surface area contributed by atoms with Crippen LogP contribution in [0.1, 0.15) is 19.4 Å². The summed E-state index contributed by atoms with van der Waals surface area (Å²) in [5.74, 6) is 0.780. The van der Waals surface area contributed by atoms with Gasteiger partial charge in [0, 0.05) is 11.1 Å².